The van der Waals surface area contributed by atoms with Crippen molar-refractivity contribution in [2.75, 3.05) is 47.5 Å². The molecule has 0 heterocycles. The fourth-order valence-corrected chi connectivity index (χ4v) is 7.89. The maximum absolute atomic E-state index is 12.9. The van der Waals surface area contributed by atoms with Gasteiger partial charge in [-0.25, -0.2) is 0 Å². The Morgan fingerprint density at radius 2 is 0.794 bits per heavy atom. The highest BCUT2D eigenvalue weighted by Crippen LogP contribution is 2.15. The van der Waals surface area contributed by atoms with Crippen LogP contribution in [0.4, 0.5) is 0 Å². The second-order valence-electron chi connectivity index (χ2n) is 20.2. The molecule has 0 radical (unpaired) electrons. The van der Waals surface area contributed by atoms with Crippen LogP contribution in [0.1, 0.15) is 251 Å². The summed E-state index contributed by atoms with van der Waals surface area (Å²) in [6.07, 6.45) is 58.6. The molecule has 0 rings (SSSR count). The number of nitrogens with zero attached hydrogens (tertiary/aromatic N) is 1. The first-order valence-corrected chi connectivity index (χ1v) is 28.3. The number of carbonyl (C=O) groups is 3. The number of carboxylic acids is 1. The average Bonchev–Trinajstić information content (AvgIpc) is 3.30. The third-order valence-corrected chi connectivity index (χ3v) is 12.3. The topological polar surface area (TPSA) is 111 Å². The molecule has 0 aromatic heterocycles. The minimum absolute atomic E-state index is 0.146. The van der Waals surface area contributed by atoms with Crippen LogP contribution in [-0.2, 0) is 33.3 Å². The SMILES string of the molecule is CCCCCCC/C=C\C/C=C\C/C=C\CCCCCCCCCCCCC(=O)OC(COC(=O)CCCCCCCCC/C=C\CCCCCCCCC)COC(OCC[N+](C)(C)C)C(=O)[O-]. The van der Waals surface area contributed by atoms with Crippen molar-refractivity contribution in [3.63, 3.8) is 0 Å². The predicted octanol–water partition coefficient (Wildman–Crippen LogP) is 15.0. The van der Waals surface area contributed by atoms with Crippen LogP contribution in [0.5, 0.6) is 0 Å². The summed E-state index contributed by atoms with van der Waals surface area (Å²) in [6, 6.07) is 0. The minimum Gasteiger partial charge on any atom is -0.545 e. The smallest absolute Gasteiger partial charge is 0.306 e. The lowest BCUT2D eigenvalue weighted by Crippen LogP contribution is -2.44. The standard InChI is InChI=1S/C59H107NO8/c1-6-8-10-12-14-16-18-20-22-24-26-27-28-29-30-31-32-34-36-38-40-42-44-46-48-50-57(62)68-55(54-67-59(58(63)64)65-52-51-60(3,4)5)53-66-56(61)49-47-45-43-41-39-37-35-33-25-23-21-19-17-15-13-11-9-7-2/h18,20,23-26,28-29,55,59H,6-17,19,21-22,27,30-54H2,1-5H3/b20-18-,25-23-,26-24-,29-28-. The number of rotatable bonds is 52. The number of likely N-dealkylation sites (N-methyl/N-ethyl adjacent to an activating group) is 1. The molecule has 0 bridgehead atoms. The van der Waals surface area contributed by atoms with Crippen molar-refractivity contribution in [1.82, 2.24) is 0 Å². The van der Waals surface area contributed by atoms with Crippen molar-refractivity contribution in [3.05, 3.63) is 48.6 Å². The molecule has 396 valence electrons. The largest absolute Gasteiger partial charge is 0.545 e. The van der Waals surface area contributed by atoms with E-state index in [4.69, 9.17) is 18.9 Å². The van der Waals surface area contributed by atoms with E-state index in [1.54, 1.807) is 0 Å². The first-order chi connectivity index (χ1) is 33.1. The summed E-state index contributed by atoms with van der Waals surface area (Å²) in [7, 11) is 5.92. The van der Waals surface area contributed by atoms with Gasteiger partial charge in [-0.2, -0.15) is 0 Å². The van der Waals surface area contributed by atoms with E-state index >= 15 is 0 Å². The van der Waals surface area contributed by atoms with Crippen LogP contribution >= 0.6 is 0 Å². The van der Waals surface area contributed by atoms with Gasteiger partial charge in [0.05, 0.1) is 40.3 Å². The summed E-state index contributed by atoms with van der Waals surface area (Å²) in [5, 5.41) is 11.8. The molecular weight excluding hydrogens is 851 g/mol. The van der Waals surface area contributed by atoms with Gasteiger partial charge in [-0.05, 0) is 77.0 Å². The molecule has 0 saturated carbocycles. The van der Waals surface area contributed by atoms with E-state index in [2.05, 4.69) is 62.5 Å². The zero-order valence-corrected chi connectivity index (χ0v) is 45.0. The molecule has 0 N–H and O–H groups in total. The molecule has 0 aromatic rings. The van der Waals surface area contributed by atoms with Gasteiger partial charge in [0.25, 0.3) is 0 Å². The van der Waals surface area contributed by atoms with Gasteiger partial charge >= 0.3 is 11.9 Å². The number of aliphatic carboxylic acids is 1. The Morgan fingerprint density at radius 1 is 0.441 bits per heavy atom. The summed E-state index contributed by atoms with van der Waals surface area (Å²) in [5.41, 5.74) is 0. The molecule has 0 aromatic carbocycles. The number of quaternary nitrogens is 1. The number of hydrogen-bond acceptors (Lipinski definition) is 8. The molecule has 0 aliphatic carbocycles. The molecular formula is C59H107NO8. The normalized spacial score (nSPS) is 13.1. The van der Waals surface area contributed by atoms with E-state index in [0.717, 1.165) is 70.6 Å². The molecule has 9 heteroatoms. The fourth-order valence-electron chi connectivity index (χ4n) is 7.89. The Hall–Kier alpha value is -2.75. The maximum Gasteiger partial charge on any atom is 0.306 e. The monoisotopic (exact) mass is 958 g/mol. The Kier molecular flexibility index (Phi) is 48.6. The second kappa shape index (κ2) is 50.6. The third-order valence-electron chi connectivity index (χ3n) is 12.3. The van der Waals surface area contributed by atoms with Crippen LogP contribution in [0.2, 0.25) is 0 Å². The molecule has 0 aliphatic rings. The number of unbranched alkanes of at least 4 members (excludes halogenated alkanes) is 29. The summed E-state index contributed by atoms with van der Waals surface area (Å²) >= 11 is 0. The molecule has 2 unspecified atom stereocenters. The average molecular weight is 959 g/mol. The van der Waals surface area contributed by atoms with Crippen molar-refractivity contribution in [2.24, 2.45) is 0 Å². The number of esters is 2. The minimum atomic E-state index is -1.62. The summed E-state index contributed by atoms with van der Waals surface area (Å²) in [6.45, 7) is 4.74. The van der Waals surface area contributed by atoms with E-state index in [9.17, 15) is 19.5 Å². The molecule has 2 atom stereocenters. The van der Waals surface area contributed by atoms with Crippen molar-refractivity contribution in [1.29, 1.82) is 0 Å². The summed E-state index contributed by atoms with van der Waals surface area (Å²) in [5.74, 6) is -2.29. The highest BCUT2D eigenvalue weighted by molar-refractivity contribution is 5.70. The lowest BCUT2D eigenvalue weighted by Gasteiger charge is -2.26. The van der Waals surface area contributed by atoms with Crippen molar-refractivity contribution in [2.45, 2.75) is 264 Å². The molecule has 68 heavy (non-hydrogen) atoms. The number of hydrogen-bond donors (Lipinski definition) is 0. The highest BCUT2D eigenvalue weighted by atomic mass is 16.7. The van der Waals surface area contributed by atoms with Crippen LogP contribution in [0, 0.1) is 0 Å². The van der Waals surface area contributed by atoms with E-state index in [1.807, 2.05) is 21.1 Å². The van der Waals surface area contributed by atoms with Gasteiger partial charge in [0.15, 0.2) is 12.4 Å². The second-order valence-corrected chi connectivity index (χ2v) is 20.2. The summed E-state index contributed by atoms with van der Waals surface area (Å²) < 4.78 is 22.7. The van der Waals surface area contributed by atoms with Crippen LogP contribution < -0.4 is 5.11 Å². The van der Waals surface area contributed by atoms with Gasteiger partial charge in [-0.15, -0.1) is 0 Å². The lowest BCUT2D eigenvalue weighted by molar-refractivity contribution is -0.870. The zero-order chi connectivity index (χ0) is 49.9. The highest BCUT2D eigenvalue weighted by Gasteiger charge is 2.22. The maximum atomic E-state index is 12.9. The Balaban J connectivity index is 4.28. The number of carbonyl (C=O) groups excluding carboxylic acids is 3. The first-order valence-electron chi connectivity index (χ1n) is 28.3. The van der Waals surface area contributed by atoms with Gasteiger partial charge in [-0.1, -0.05) is 210 Å². The van der Waals surface area contributed by atoms with Crippen LogP contribution in [-0.4, -0.2) is 82.3 Å². The molecule has 0 aliphatic heterocycles. The quantitative estimate of drug-likeness (QED) is 0.0195. The van der Waals surface area contributed by atoms with Gasteiger partial charge in [0.1, 0.15) is 13.2 Å². The van der Waals surface area contributed by atoms with Gasteiger partial charge in [0.2, 0.25) is 0 Å². The van der Waals surface area contributed by atoms with Crippen LogP contribution in [0.3, 0.4) is 0 Å². The van der Waals surface area contributed by atoms with E-state index in [1.165, 1.54) is 148 Å². The molecule has 0 fully saturated rings. The Morgan fingerprint density at radius 3 is 1.19 bits per heavy atom. The molecule has 0 saturated heterocycles. The van der Waals surface area contributed by atoms with Gasteiger partial charge in [0, 0.05) is 12.8 Å². The van der Waals surface area contributed by atoms with E-state index in [-0.39, 0.29) is 38.6 Å². The van der Waals surface area contributed by atoms with Crippen molar-refractivity contribution < 1.29 is 42.9 Å². The molecule has 0 amide bonds. The van der Waals surface area contributed by atoms with Gasteiger partial charge < -0.3 is 33.3 Å². The van der Waals surface area contributed by atoms with E-state index < -0.39 is 24.3 Å². The van der Waals surface area contributed by atoms with Crippen LogP contribution in [0.15, 0.2) is 48.6 Å². The summed E-state index contributed by atoms with van der Waals surface area (Å²) in [4.78, 5) is 37.2. The number of carboxylic acid groups (broad SMARTS) is 1. The first kappa shape index (κ1) is 65.2. The third kappa shape index (κ3) is 51.1. The van der Waals surface area contributed by atoms with Crippen LogP contribution in [0.25, 0.3) is 0 Å². The molecule has 0 spiro atoms. The number of allylic oxidation sites excluding steroid dienone is 8. The van der Waals surface area contributed by atoms with Crippen molar-refractivity contribution >= 4 is 17.9 Å². The van der Waals surface area contributed by atoms with E-state index in [0.29, 0.717) is 17.4 Å². The van der Waals surface area contributed by atoms with Crippen molar-refractivity contribution in [3.8, 4) is 0 Å². The Labute approximate surface area is 419 Å². The Bertz CT molecular complexity index is 1250. The number of ether oxygens (including phenoxy) is 4. The zero-order valence-electron chi connectivity index (χ0n) is 45.0. The van der Waals surface area contributed by atoms with Gasteiger partial charge in [-0.3, -0.25) is 9.59 Å². The lowest BCUT2D eigenvalue weighted by atomic mass is 10.0. The molecule has 9 nitrogen and oxygen atoms in total. The predicted molar refractivity (Wildman–Crippen MR) is 283 cm³/mol. The fraction of sp³-hybridized carbons (Fsp3) is 0.814.